The van der Waals surface area contributed by atoms with Gasteiger partial charge in [0, 0.05) is 25.4 Å². The van der Waals surface area contributed by atoms with Gasteiger partial charge < -0.3 is 4.57 Å². The summed E-state index contributed by atoms with van der Waals surface area (Å²) in [6, 6.07) is 3.99. The monoisotopic (exact) mass is 163 g/mol. The number of hydrogen-bond donors (Lipinski definition) is 1. The van der Waals surface area contributed by atoms with Gasteiger partial charge in [-0.25, -0.2) is 0 Å². The first-order chi connectivity index (χ1) is 5.95. The highest BCUT2D eigenvalue weighted by atomic mass is 15.5. The Morgan fingerprint density at radius 2 is 2.17 bits per heavy atom. The van der Waals surface area contributed by atoms with Crippen LogP contribution < -0.4 is 0 Å². The van der Waals surface area contributed by atoms with E-state index in [2.05, 4.69) is 25.2 Å². The van der Waals surface area contributed by atoms with E-state index in [-0.39, 0.29) is 0 Å². The highest BCUT2D eigenvalue weighted by Gasteiger charge is 1.96. The van der Waals surface area contributed by atoms with E-state index in [1.807, 2.05) is 24.5 Å². The number of nitrogens with one attached hydrogen (secondary N) is 1. The molecule has 0 spiro atoms. The third-order valence-electron chi connectivity index (χ3n) is 1.65. The lowest BCUT2D eigenvalue weighted by Crippen LogP contribution is -1.99. The van der Waals surface area contributed by atoms with Crippen molar-refractivity contribution >= 4 is 0 Å². The highest BCUT2D eigenvalue weighted by Crippen LogP contribution is 1.93. The van der Waals surface area contributed by atoms with Crippen molar-refractivity contribution < 1.29 is 0 Å². The summed E-state index contributed by atoms with van der Waals surface area (Å²) in [5.74, 6) is 0.753. The van der Waals surface area contributed by atoms with Crippen molar-refractivity contribution in [3.63, 3.8) is 0 Å². The molecule has 62 valence electrons. The molecule has 2 aromatic rings. The van der Waals surface area contributed by atoms with Crippen molar-refractivity contribution in [3.8, 4) is 0 Å². The molecule has 0 bridgehead atoms. The molecule has 2 heterocycles. The largest absolute Gasteiger partial charge is 0.354 e. The Labute approximate surface area is 69.4 Å². The molecule has 0 saturated carbocycles. The molecule has 1 N–H and O–H groups in total. The fraction of sp³-hybridized carbons (Fsp3) is 0.286. The van der Waals surface area contributed by atoms with E-state index in [4.69, 9.17) is 0 Å². The molecule has 0 aliphatic rings. The third kappa shape index (κ3) is 1.50. The maximum Gasteiger partial charge on any atom is 0.176 e. The standard InChI is InChI=1S/C7H9N5/c1-2-5-12(4-1)6-3-7-8-10-11-9-7/h1-2,4-5H,3,6H2,(H,8,9,10,11). The molecular weight excluding hydrogens is 154 g/mol. The van der Waals surface area contributed by atoms with E-state index in [1.165, 1.54) is 0 Å². The minimum atomic E-state index is 0.753. The summed E-state index contributed by atoms with van der Waals surface area (Å²) in [7, 11) is 0. The van der Waals surface area contributed by atoms with Gasteiger partial charge in [-0.05, 0) is 12.1 Å². The summed E-state index contributed by atoms with van der Waals surface area (Å²) >= 11 is 0. The van der Waals surface area contributed by atoms with Crippen molar-refractivity contribution in [2.75, 3.05) is 0 Å². The van der Waals surface area contributed by atoms with Crippen LogP contribution in [-0.2, 0) is 13.0 Å². The van der Waals surface area contributed by atoms with E-state index in [0.717, 1.165) is 18.8 Å². The number of rotatable bonds is 3. The minimum Gasteiger partial charge on any atom is -0.354 e. The average molecular weight is 163 g/mol. The van der Waals surface area contributed by atoms with Crippen LogP contribution in [0.3, 0.4) is 0 Å². The van der Waals surface area contributed by atoms with Gasteiger partial charge in [-0.2, -0.15) is 5.21 Å². The zero-order valence-corrected chi connectivity index (χ0v) is 6.51. The first kappa shape index (κ1) is 7.02. The van der Waals surface area contributed by atoms with Gasteiger partial charge in [0.1, 0.15) is 0 Å². The zero-order chi connectivity index (χ0) is 8.23. The molecule has 2 rings (SSSR count). The van der Waals surface area contributed by atoms with Gasteiger partial charge >= 0.3 is 0 Å². The lowest BCUT2D eigenvalue weighted by molar-refractivity contribution is 0.676. The lowest BCUT2D eigenvalue weighted by atomic mass is 10.4. The Bertz CT molecular complexity index is 275. The van der Waals surface area contributed by atoms with Crippen molar-refractivity contribution in [2.24, 2.45) is 0 Å². The Morgan fingerprint density at radius 3 is 2.83 bits per heavy atom. The SMILES string of the molecule is c1ccn(CCc2nn[nH]n2)c1. The number of aryl methyl sites for hydroxylation is 2. The van der Waals surface area contributed by atoms with Crippen molar-refractivity contribution in [1.29, 1.82) is 0 Å². The van der Waals surface area contributed by atoms with Crippen LogP contribution in [0, 0.1) is 0 Å². The van der Waals surface area contributed by atoms with Gasteiger partial charge in [-0.3, -0.25) is 0 Å². The van der Waals surface area contributed by atoms with Gasteiger partial charge in [-0.15, -0.1) is 10.2 Å². The molecule has 2 aromatic heterocycles. The number of aromatic nitrogens is 5. The van der Waals surface area contributed by atoms with Gasteiger partial charge in [0.15, 0.2) is 5.82 Å². The summed E-state index contributed by atoms with van der Waals surface area (Å²) in [4.78, 5) is 0. The molecule has 0 amide bonds. The maximum absolute atomic E-state index is 3.86. The van der Waals surface area contributed by atoms with Crippen molar-refractivity contribution in [3.05, 3.63) is 30.4 Å². The number of aromatic amines is 1. The smallest absolute Gasteiger partial charge is 0.176 e. The predicted octanol–water partition coefficient (Wildman–Crippen LogP) is 0.244. The minimum absolute atomic E-state index is 0.753. The molecule has 0 unspecified atom stereocenters. The molecule has 0 fully saturated rings. The maximum atomic E-state index is 3.86. The molecular formula is C7H9N5. The first-order valence-corrected chi connectivity index (χ1v) is 3.78. The van der Waals surface area contributed by atoms with E-state index in [0.29, 0.717) is 0 Å². The highest BCUT2D eigenvalue weighted by molar-refractivity contribution is 4.91. The second kappa shape index (κ2) is 3.17. The van der Waals surface area contributed by atoms with E-state index >= 15 is 0 Å². The van der Waals surface area contributed by atoms with Crippen LogP contribution in [0.15, 0.2) is 24.5 Å². The molecule has 5 heteroatoms. The van der Waals surface area contributed by atoms with Crippen molar-refractivity contribution in [1.82, 2.24) is 25.2 Å². The van der Waals surface area contributed by atoms with Crippen LogP contribution in [0.4, 0.5) is 0 Å². The number of hydrogen-bond acceptors (Lipinski definition) is 3. The van der Waals surface area contributed by atoms with Gasteiger partial charge in [0.2, 0.25) is 0 Å². The molecule has 0 atom stereocenters. The molecule has 0 aliphatic heterocycles. The van der Waals surface area contributed by atoms with E-state index < -0.39 is 0 Å². The fourth-order valence-corrected chi connectivity index (χ4v) is 1.04. The summed E-state index contributed by atoms with van der Waals surface area (Å²) in [6.07, 6.45) is 4.84. The van der Waals surface area contributed by atoms with E-state index in [9.17, 15) is 0 Å². The van der Waals surface area contributed by atoms with E-state index in [1.54, 1.807) is 0 Å². The number of H-pyrrole nitrogens is 1. The molecule has 5 nitrogen and oxygen atoms in total. The van der Waals surface area contributed by atoms with Crippen molar-refractivity contribution in [2.45, 2.75) is 13.0 Å². The normalized spacial score (nSPS) is 10.3. The summed E-state index contributed by atoms with van der Waals surface area (Å²) in [6.45, 7) is 0.895. The van der Waals surface area contributed by atoms with Gasteiger partial charge in [0.05, 0.1) is 0 Å². The lowest BCUT2D eigenvalue weighted by Gasteiger charge is -1.97. The fourth-order valence-electron chi connectivity index (χ4n) is 1.04. The van der Waals surface area contributed by atoms with Crippen LogP contribution >= 0.6 is 0 Å². The van der Waals surface area contributed by atoms with Crippen LogP contribution in [0.5, 0.6) is 0 Å². The van der Waals surface area contributed by atoms with Gasteiger partial charge in [-0.1, -0.05) is 5.21 Å². The quantitative estimate of drug-likeness (QED) is 0.705. The Kier molecular flexibility index (Phi) is 1.85. The Balaban J connectivity index is 1.91. The first-order valence-electron chi connectivity index (χ1n) is 3.78. The Morgan fingerprint density at radius 1 is 1.33 bits per heavy atom. The van der Waals surface area contributed by atoms with Crippen LogP contribution in [-0.4, -0.2) is 25.2 Å². The Hall–Kier alpha value is -1.65. The summed E-state index contributed by atoms with van der Waals surface area (Å²) in [5.41, 5.74) is 0. The van der Waals surface area contributed by atoms with Gasteiger partial charge in [0.25, 0.3) is 0 Å². The zero-order valence-electron chi connectivity index (χ0n) is 6.51. The topological polar surface area (TPSA) is 59.4 Å². The third-order valence-corrected chi connectivity index (χ3v) is 1.65. The summed E-state index contributed by atoms with van der Waals surface area (Å²) in [5, 5.41) is 13.6. The summed E-state index contributed by atoms with van der Waals surface area (Å²) < 4.78 is 2.08. The number of tetrazole rings is 1. The average Bonchev–Trinajstić information content (AvgIpc) is 2.74. The molecule has 0 aliphatic carbocycles. The molecule has 0 aromatic carbocycles. The van der Waals surface area contributed by atoms with Crippen LogP contribution in [0.1, 0.15) is 5.82 Å². The van der Waals surface area contributed by atoms with Crippen LogP contribution in [0.2, 0.25) is 0 Å². The van der Waals surface area contributed by atoms with Crippen LogP contribution in [0.25, 0.3) is 0 Å². The predicted molar refractivity (Wildman–Crippen MR) is 42.3 cm³/mol. The number of nitrogens with zero attached hydrogens (tertiary/aromatic N) is 4. The second-order valence-corrected chi connectivity index (χ2v) is 2.50. The molecule has 0 saturated heterocycles. The second-order valence-electron chi connectivity index (χ2n) is 2.50. The molecule has 12 heavy (non-hydrogen) atoms. The molecule has 0 radical (unpaired) electrons.